The van der Waals surface area contributed by atoms with Gasteiger partial charge in [-0.2, -0.15) is 0 Å². The van der Waals surface area contributed by atoms with E-state index in [9.17, 15) is 14.9 Å². The summed E-state index contributed by atoms with van der Waals surface area (Å²) in [5, 5.41) is 12.4. The van der Waals surface area contributed by atoms with Crippen LogP contribution in [0.5, 0.6) is 0 Å². The number of nitro groups is 1. The molecule has 0 unspecified atom stereocenters. The van der Waals surface area contributed by atoms with Crippen molar-refractivity contribution in [3.05, 3.63) is 86.1 Å². The molecule has 0 atom stereocenters. The third kappa shape index (κ3) is 3.70. The molecule has 0 bridgehead atoms. The molecule has 8 nitrogen and oxygen atoms in total. The molecule has 0 aliphatic carbocycles. The number of nitrogens with one attached hydrogen (secondary N) is 1. The molecule has 0 radical (unpaired) electrons. The lowest BCUT2D eigenvalue weighted by atomic mass is 10.1. The Kier molecular flexibility index (Phi) is 4.77. The van der Waals surface area contributed by atoms with Gasteiger partial charge in [-0.1, -0.05) is 11.6 Å². The summed E-state index contributed by atoms with van der Waals surface area (Å²) in [4.78, 5) is 31.2. The first-order chi connectivity index (χ1) is 13.9. The SMILES string of the molecule is CN(Cc1ccc(-c2ccc(Cl)cc2)o1)c1cc2nc[nH]c(=O)c2cc1[N+](=O)[O-]. The van der Waals surface area contributed by atoms with Gasteiger partial charge in [0, 0.05) is 23.7 Å². The number of furan rings is 1. The minimum Gasteiger partial charge on any atom is -0.459 e. The zero-order valence-corrected chi connectivity index (χ0v) is 16.0. The normalized spacial score (nSPS) is 11.0. The van der Waals surface area contributed by atoms with Gasteiger partial charge in [-0.05, 0) is 42.5 Å². The predicted octanol–water partition coefficient (Wildman–Crippen LogP) is 4.38. The number of anilines is 1. The number of fused-ring (bicyclic) bond motifs is 1. The maximum atomic E-state index is 11.9. The average molecular weight is 411 g/mol. The Morgan fingerprint density at radius 2 is 1.97 bits per heavy atom. The lowest BCUT2D eigenvalue weighted by Crippen LogP contribution is -2.18. The molecular formula is C20H15ClN4O4. The Morgan fingerprint density at radius 1 is 1.21 bits per heavy atom. The van der Waals surface area contributed by atoms with Crippen molar-refractivity contribution in [1.29, 1.82) is 0 Å². The van der Waals surface area contributed by atoms with Gasteiger partial charge in [0.05, 0.1) is 28.7 Å². The number of nitrogens with zero attached hydrogens (tertiary/aromatic N) is 3. The lowest BCUT2D eigenvalue weighted by molar-refractivity contribution is -0.384. The van der Waals surface area contributed by atoms with Crippen molar-refractivity contribution in [3.8, 4) is 11.3 Å². The van der Waals surface area contributed by atoms with Crippen LogP contribution >= 0.6 is 11.6 Å². The number of hydrogen-bond donors (Lipinski definition) is 1. The van der Waals surface area contributed by atoms with Crippen molar-refractivity contribution in [2.45, 2.75) is 6.54 Å². The highest BCUT2D eigenvalue weighted by atomic mass is 35.5. The van der Waals surface area contributed by atoms with Gasteiger partial charge in [-0.3, -0.25) is 14.9 Å². The minimum absolute atomic E-state index is 0.166. The third-order valence-electron chi connectivity index (χ3n) is 4.53. The fourth-order valence-corrected chi connectivity index (χ4v) is 3.22. The fraction of sp³-hybridized carbons (Fsp3) is 0.100. The van der Waals surface area contributed by atoms with E-state index < -0.39 is 10.5 Å². The number of aromatic nitrogens is 2. The zero-order valence-electron chi connectivity index (χ0n) is 15.3. The molecule has 2 aromatic heterocycles. The molecule has 146 valence electrons. The first-order valence-corrected chi connectivity index (χ1v) is 9.02. The summed E-state index contributed by atoms with van der Waals surface area (Å²) < 4.78 is 5.88. The number of hydrogen-bond acceptors (Lipinski definition) is 6. The van der Waals surface area contributed by atoms with Gasteiger partial charge in [0.1, 0.15) is 17.2 Å². The van der Waals surface area contributed by atoms with Gasteiger partial charge in [-0.25, -0.2) is 4.98 Å². The van der Waals surface area contributed by atoms with E-state index in [1.807, 2.05) is 24.3 Å². The van der Waals surface area contributed by atoms with Crippen molar-refractivity contribution in [2.24, 2.45) is 0 Å². The van der Waals surface area contributed by atoms with E-state index in [0.717, 1.165) is 5.56 Å². The molecule has 4 aromatic rings. The van der Waals surface area contributed by atoms with Crippen LogP contribution in [0.2, 0.25) is 5.02 Å². The summed E-state index contributed by atoms with van der Waals surface area (Å²) in [5.41, 5.74) is 0.991. The predicted molar refractivity (Wildman–Crippen MR) is 110 cm³/mol. The van der Waals surface area contributed by atoms with Crippen molar-refractivity contribution >= 4 is 33.9 Å². The zero-order chi connectivity index (χ0) is 20.5. The largest absolute Gasteiger partial charge is 0.459 e. The molecule has 0 amide bonds. The van der Waals surface area contributed by atoms with Gasteiger partial charge in [-0.15, -0.1) is 0 Å². The van der Waals surface area contributed by atoms with Crippen LogP contribution in [-0.2, 0) is 6.54 Å². The van der Waals surface area contributed by atoms with E-state index in [0.29, 0.717) is 34.3 Å². The standard InChI is InChI=1S/C20H15ClN4O4/c1-24(10-14-6-7-19(29-14)12-2-4-13(21)5-3-12)17-9-16-15(8-18(17)25(27)28)20(26)23-11-22-16/h2-9,11H,10H2,1H3,(H,22,23,26). The summed E-state index contributed by atoms with van der Waals surface area (Å²) in [7, 11) is 1.71. The fourth-order valence-electron chi connectivity index (χ4n) is 3.10. The molecule has 9 heteroatoms. The first kappa shape index (κ1) is 18.7. The Bertz CT molecular complexity index is 1260. The molecule has 0 fully saturated rings. The van der Waals surface area contributed by atoms with Crippen molar-refractivity contribution in [3.63, 3.8) is 0 Å². The number of halogens is 1. The van der Waals surface area contributed by atoms with Crippen molar-refractivity contribution in [1.82, 2.24) is 9.97 Å². The van der Waals surface area contributed by atoms with E-state index in [1.165, 1.54) is 18.5 Å². The highest BCUT2D eigenvalue weighted by Gasteiger charge is 2.21. The van der Waals surface area contributed by atoms with Gasteiger partial charge >= 0.3 is 0 Å². The number of nitro benzene ring substituents is 1. The number of benzene rings is 2. The number of aromatic amines is 1. The quantitative estimate of drug-likeness (QED) is 0.386. The molecule has 29 heavy (non-hydrogen) atoms. The van der Waals surface area contributed by atoms with Crippen LogP contribution in [0.4, 0.5) is 11.4 Å². The molecule has 2 aromatic carbocycles. The average Bonchev–Trinajstić information content (AvgIpc) is 3.16. The summed E-state index contributed by atoms with van der Waals surface area (Å²) in [6.45, 7) is 0.295. The van der Waals surface area contributed by atoms with E-state index in [-0.39, 0.29) is 11.1 Å². The van der Waals surface area contributed by atoms with Crippen LogP contribution in [0.1, 0.15) is 5.76 Å². The maximum absolute atomic E-state index is 11.9. The summed E-state index contributed by atoms with van der Waals surface area (Å²) in [6, 6.07) is 13.7. The minimum atomic E-state index is -0.515. The number of rotatable bonds is 5. The van der Waals surface area contributed by atoms with Crippen LogP contribution in [0, 0.1) is 10.1 Å². The van der Waals surface area contributed by atoms with E-state index in [4.69, 9.17) is 16.0 Å². The Balaban J connectivity index is 1.66. The van der Waals surface area contributed by atoms with Crippen LogP contribution in [0.3, 0.4) is 0 Å². The van der Waals surface area contributed by atoms with Crippen LogP contribution in [-0.4, -0.2) is 21.9 Å². The van der Waals surface area contributed by atoms with Crippen LogP contribution < -0.4 is 10.5 Å². The Morgan fingerprint density at radius 3 is 2.69 bits per heavy atom. The van der Waals surface area contributed by atoms with E-state index in [1.54, 1.807) is 24.1 Å². The molecule has 0 spiro atoms. The van der Waals surface area contributed by atoms with Gasteiger partial charge < -0.3 is 14.3 Å². The van der Waals surface area contributed by atoms with E-state index >= 15 is 0 Å². The molecule has 0 saturated carbocycles. The van der Waals surface area contributed by atoms with Crippen molar-refractivity contribution in [2.75, 3.05) is 11.9 Å². The first-order valence-electron chi connectivity index (χ1n) is 8.64. The smallest absolute Gasteiger partial charge is 0.293 e. The van der Waals surface area contributed by atoms with Gasteiger partial charge in [0.25, 0.3) is 11.2 Å². The summed E-state index contributed by atoms with van der Waals surface area (Å²) in [5.74, 6) is 1.30. The van der Waals surface area contributed by atoms with Crippen LogP contribution in [0.25, 0.3) is 22.2 Å². The second-order valence-corrected chi connectivity index (χ2v) is 6.91. The molecule has 2 heterocycles. The second kappa shape index (κ2) is 7.40. The van der Waals surface area contributed by atoms with Crippen LogP contribution in [0.15, 0.2) is 64.1 Å². The Labute approximate surface area is 169 Å². The lowest BCUT2D eigenvalue weighted by Gasteiger charge is -2.18. The van der Waals surface area contributed by atoms with Crippen molar-refractivity contribution < 1.29 is 9.34 Å². The molecular weight excluding hydrogens is 396 g/mol. The topological polar surface area (TPSA) is 105 Å². The second-order valence-electron chi connectivity index (χ2n) is 6.48. The molecule has 1 N–H and O–H groups in total. The Hall–Kier alpha value is -3.65. The highest BCUT2D eigenvalue weighted by molar-refractivity contribution is 6.30. The van der Waals surface area contributed by atoms with Gasteiger partial charge in [0.15, 0.2) is 0 Å². The van der Waals surface area contributed by atoms with E-state index in [2.05, 4.69) is 9.97 Å². The van der Waals surface area contributed by atoms with Gasteiger partial charge in [0.2, 0.25) is 0 Å². The molecule has 0 aliphatic rings. The summed E-state index contributed by atoms with van der Waals surface area (Å²) in [6.07, 6.45) is 1.27. The monoisotopic (exact) mass is 410 g/mol. The third-order valence-corrected chi connectivity index (χ3v) is 4.78. The number of H-pyrrole nitrogens is 1. The molecule has 0 saturated heterocycles. The molecule has 0 aliphatic heterocycles. The maximum Gasteiger partial charge on any atom is 0.293 e. The highest BCUT2D eigenvalue weighted by Crippen LogP contribution is 2.32. The molecule has 4 rings (SSSR count). The summed E-state index contributed by atoms with van der Waals surface area (Å²) >= 11 is 5.91.